The molecule has 0 aromatic rings. The third-order valence-corrected chi connectivity index (χ3v) is 4.44. The fourth-order valence-electron chi connectivity index (χ4n) is 3.16. The number of nitrogens with zero attached hydrogens (tertiary/aromatic N) is 1. The van der Waals surface area contributed by atoms with Gasteiger partial charge in [-0.25, -0.2) is 0 Å². The Bertz CT molecular complexity index is 331. The molecular weight excluding hydrogens is 222 g/mol. The van der Waals surface area contributed by atoms with Gasteiger partial charge in [-0.05, 0) is 24.7 Å². The lowest BCUT2D eigenvalue weighted by atomic mass is 9.82. The molecule has 1 heterocycles. The van der Waals surface area contributed by atoms with Crippen molar-refractivity contribution in [3.8, 4) is 0 Å². The van der Waals surface area contributed by atoms with E-state index in [9.17, 15) is 4.79 Å². The summed E-state index contributed by atoms with van der Waals surface area (Å²) in [4.78, 5) is 14.5. The minimum absolute atomic E-state index is 0.264. The van der Waals surface area contributed by atoms with Crippen molar-refractivity contribution in [1.82, 2.24) is 4.90 Å². The second kappa shape index (κ2) is 5.46. The van der Waals surface area contributed by atoms with Crippen LogP contribution < -0.4 is 0 Å². The first-order chi connectivity index (χ1) is 8.48. The summed E-state index contributed by atoms with van der Waals surface area (Å²) < 4.78 is 0. The van der Waals surface area contributed by atoms with Crippen LogP contribution in [0.4, 0.5) is 0 Å². The second-order valence-corrected chi connectivity index (χ2v) is 6.85. The summed E-state index contributed by atoms with van der Waals surface area (Å²) in [5.74, 6) is 0.738. The lowest BCUT2D eigenvalue weighted by Crippen LogP contribution is -2.40. The first-order valence-electron chi connectivity index (χ1n) is 7.47. The smallest absolute Gasteiger partial charge is 0.225 e. The number of hydrogen-bond acceptors (Lipinski definition) is 1. The summed E-state index contributed by atoms with van der Waals surface area (Å²) in [6.45, 7) is 8.55. The maximum Gasteiger partial charge on any atom is 0.225 e. The average Bonchev–Trinajstić information content (AvgIpc) is 2.38. The van der Waals surface area contributed by atoms with Gasteiger partial charge in [-0.1, -0.05) is 51.7 Å². The normalized spacial score (nSPS) is 22.8. The average molecular weight is 249 g/mol. The second-order valence-electron chi connectivity index (χ2n) is 6.85. The minimum atomic E-state index is 0.264. The van der Waals surface area contributed by atoms with Crippen molar-refractivity contribution in [2.45, 2.75) is 59.3 Å². The van der Waals surface area contributed by atoms with Crippen LogP contribution >= 0.6 is 0 Å². The van der Waals surface area contributed by atoms with Gasteiger partial charge in [0.15, 0.2) is 0 Å². The van der Waals surface area contributed by atoms with Gasteiger partial charge in [-0.2, -0.15) is 0 Å². The van der Waals surface area contributed by atoms with Crippen LogP contribution in [-0.4, -0.2) is 23.9 Å². The number of amides is 1. The number of carbonyl (C=O) groups excluding carboxylic acids is 1. The molecule has 2 nitrogen and oxygen atoms in total. The summed E-state index contributed by atoms with van der Waals surface area (Å²) in [6, 6.07) is 0. The highest BCUT2D eigenvalue weighted by Crippen LogP contribution is 2.31. The molecule has 0 bridgehead atoms. The van der Waals surface area contributed by atoms with Crippen LogP contribution in [0.5, 0.6) is 0 Å². The lowest BCUT2D eigenvalue weighted by Gasteiger charge is -2.34. The molecule has 0 spiro atoms. The maximum atomic E-state index is 12.4. The van der Waals surface area contributed by atoms with Crippen LogP contribution in [-0.2, 0) is 4.79 Å². The fraction of sp³-hybridized carbons (Fsp3) is 0.812. The van der Waals surface area contributed by atoms with E-state index in [4.69, 9.17) is 0 Å². The molecule has 18 heavy (non-hydrogen) atoms. The molecule has 0 aromatic carbocycles. The standard InChI is InChI=1S/C16H27NO/c1-16(2,3)14-9-11-17(12-10-14)15(18)13-7-5-4-6-8-13/h9,13H,4-8,10-12H2,1-3H3. The van der Waals surface area contributed by atoms with E-state index in [0.29, 0.717) is 11.8 Å². The van der Waals surface area contributed by atoms with Gasteiger partial charge in [0.05, 0.1) is 0 Å². The molecule has 0 unspecified atom stereocenters. The van der Waals surface area contributed by atoms with E-state index < -0.39 is 0 Å². The summed E-state index contributed by atoms with van der Waals surface area (Å²) in [6.07, 6.45) is 9.38. The molecule has 1 aliphatic heterocycles. The van der Waals surface area contributed by atoms with Crippen molar-refractivity contribution in [3.05, 3.63) is 11.6 Å². The molecule has 1 aliphatic carbocycles. The SMILES string of the molecule is CC(C)(C)C1=CCN(C(=O)C2CCCCC2)CC1. The zero-order valence-electron chi connectivity index (χ0n) is 12.2. The number of hydrogen-bond donors (Lipinski definition) is 0. The van der Waals surface area contributed by atoms with Crippen LogP contribution in [0.3, 0.4) is 0 Å². The van der Waals surface area contributed by atoms with E-state index in [-0.39, 0.29) is 5.41 Å². The highest BCUT2D eigenvalue weighted by Gasteiger charge is 2.28. The number of carbonyl (C=O) groups is 1. The Hall–Kier alpha value is -0.790. The van der Waals surface area contributed by atoms with Gasteiger partial charge in [0.2, 0.25) is 5.91 Å². The largest absolute Gasteiger partial charge is 0.338 e. The molecule has 0 radical (unpaired) electrons. The van der Waals surface area contributed by atoms with E-state index in [2.05, 4.69) is 31.7 Å². The Kier molecular flexibility index (Phi) is 4.14. The van der Waals surface area contributed by atoms with Gasteiger partial charge >= 0.3 is 0 Å². The zero-order chi connectivity index (χ0) is 13.2. The summed E-state index contributed by atoms with van der Waals surface area (Å²) >= 11 is 0. The molecule has 2 heteroatoms. The molecule has 102 valence electrons. The molecule has 0 N–H and O–H groups in total. The van der Waals surface area contributed by atoms with Crippen molar-refractivity contribution in [3.63, 3.8) is 0 Å². The molecule has 2 rings (SSSR count). The number of rotatable bonds is 1. The van der Waals surface area contributed by atoms with Gasteiger partial charge in [-0.15, -0.1) is 0 Å². The summed E-state index contributed by atoms with van der Waals surface area (Å²) in [5, 5.41) is 0. The molecule has 0 atom stereocenters. The summed E-state index contributed by atoms with van der Waals surface area (Å²) in [5.41, 5.74) is 1.77. The Balaban J connectivity index is 1.92. The quantitative estimate of drug-likeness (QED) is 0.648. The monoisotopic (exact) mass is 249 g/mol. The molecule has 0 aromatic heterocycles. The van der Waals surface area contributed by atoms with Crippen molar-refractivity contribution in [2.24, 2.45) is 11.3 Å². The molecule has 1 fully saturated rings. The third kappa shape index (κ3) is 3.15. The van der Waals surface area contributed by atoms with E-state index in [1.165, 1.54) is 24.8 Å². The highest BCUT2D eigenvalue weighted by atomic mass is 16.2. The van der Waals surface area contributed by atoms with Gasteiger partial charge in [0.25, 0.3) is 0 Å². The van der Waals surface area contributed by atoms with Gasteiger partial charge in [0.1, 0.15) is 0 Å². The topological polar surface area (TPSA) is 20.3 Å². The Morgan fingerprint density at radius 3 is 2.39 bits per heavy atom. The van der Waals surface area contributed by atoms with E-state index in [1.54, 1.807) is 0 Å². The lowest BCUT2D eigenvalue weighted by molar-refractivity contribution is -0.136. The van der Waals surface area contributed by atoms with Crippen molar-refractivity contribution >= 4 is 5.91 Å². The minimum Gasteiger partial charge on any atom is -0.338 e. The van der Waals surface area contributed by atoms with Crippen LogP contribution in [0, 0.1) is 11.3 Å². The molecule has 0 saturated heterocycles. The van der Waals surface area contributed by atoms with E-state index >= 15 is 0 Å². The molecule has 1 saturated carbocycles. The predicted molar refractivity (Wildman–Crippen MR) is 75.3 cm³/mol. The van der Waals surface area contributed by atoms with Gasteiger partial charge < -0.3 is 4.90 Å². The zero-order valence-corrected chi connectivity index (χ0v) is 12.2. The van der Waals surface area contributed by atoms with E-state index in [0.717, 1.165) is 32.4 Å². The fourth-order valence-corrected chi connectivity index (χ4v) is 3.16. The molecule has 1 amide bonds. The van der Waals surface area contributed by atoms with Crippen LogP contribution in [0.25, 0.3) is 0 Å². The van der Waals surface area contributed by atoms with Crippen molar-refractivity contribution < 1.29 is 4.79 Å². The Morgan fingerprint density at radius 1 is 1.22 bits per heavy atom. The molecular formula is C16H27NO. The van der Waals surface area contributed by atoms with Crippen LogP contribution in [0.2, 0.25) is 0 Å². The van der Waals surface area contributed by atoms with Crippen molar-refractivity contribution in [2.75, 3.05) is 13.1 Å². The summed E-state index contributed by atoms with van der Waals surface area (Å²) in [7, 11) is 0. The van der Waals surface area contributed by atoms with Crippen LogP contribution in [0.1, 0.15) is 59.3 Å². The first-order valence-corrected chi connectivity index (χ1v) is 7.47. The predicted octanol–water partition coefficient (Wildman–Crippen LogP) is 3.77. The van der Waals surface area contributed by atoms with Crippen LogP contribution in [0.15, 0.2) is 11.6 Å². The first kappa shape index (κ1) is 13.6. The Labute approximate surface area is 111 Å². The maximum absolute atomic E-state index is 12.4. The van der Waals surface area contributed by atoms with Crippen molar-refractivity contribution in [1.29, 1.82) is 0 Å². The highest BCUT2D eigenvalue weighted by molar-refractivity contribution is 5.79. The van der Waals surface area contributed by atoms with Gasteiger partial charge in [-0.3, -0.25) is 4.79 Å². The third-order valence-electron chi connectivity index (χ3n) is 4.44. The molecule has 2 aliphatic rings. The Morgan fingerprint density at radius 2 is 1.89 bits per heavy atom. The van der Waals surface area contributed by atoms with Gasteiger partial charge in [0, 0.05) is 19.0 Å². The van der Waals surface area contributed by atoms with E-state index in [1.807, 2.05) is 0 Å².